The fourth-order valence-electron chi connectivity index (χ4n) is 0.260. The van der Waals surface area contributed by atoms with E-state index in [1.165, 1.54) is 0 Å². The third-order valence-electron chi connectivity index (χ3n) is 0.595. The van der Waals surface area contributed by atoms with Crippen LogP contribution in [0.3, 0.4) is 0 Å². The number of hydrogen-bond acceptors (Lipinski definition) is 1. The van der Waals surface area contributed by atoms with Gasteiger partial charge >= 0.3 is 0 Å². The highest BCUT2D eigenvalue weighted by molar-refractivity contribution is 4.69. The van der Waals surface area contributed by atoms with Gasteiger partial charge in [-0.05, 0) is 13.3 Å². The summed E-state index contributed by atoms with van der Waals surface area (Å²) in [4.78, 5) is 0. The van der Waals surface area contributed by atoms with Crippen LogP contribution in [0.2, 0.25) is 0 Å². The minimum atomic E-state index is 0.774. The average molecular weight is 130 g/mol. The summed E-state index contributed by atoms with van der Waals surface area (Å²) in [5.74, 6) is 0. The van der Waals surface area contributed by atoms with Crippen LogP contribution in [0.5, 0.6) is 0 Å². The maximum atomic E-state index is 4.89. The summed E-state index contributed by atoms with van der Waals surface area (Å²) in [5.41, 5.74) is 0. The van der Waals surface area contributed by atoms with E-state index >= 15 is 0 Å². The molecule has 1 nitrogen and oxygen atoms in total. The smallest absolute Gasteiger partial charge is 0.0845 e. The van der Waals surface area contributed by atoms with Crippen molar-refractivity contribution < 1.29 is 4.74 Å². The Bertz CT molecular complexity index is 48.5. The molecule has 0 aliphatic carbocycles. The van der Waals surface area contributed by atoms with Gasteiger partial charge in [0.15, 0.2) is 0 Å². The zero-order valence-corrected chi connectivity index (χ0v) is 6.98. The molecule has 0 N–H and O–H groups in total. The summed E-state index contributed by atoms with van der Waals surface area (Å²) in [6, 6.07) is 0. The molecule has 56 valence electrons. The number of ether oxygens (including phenoxy) is 1. The van der Waals surface area contributed by atoms with E-state index in [0.717, 1.165) is 13.0 Å². The van der Waals surface area contributed by atoms with E-state index in [0.29, 0.717) is 0 Å². The molecular formula is C8H18O. The van der Waals surface area contributed by atoms with Crippen molar-refractivity contribution in [2.24, 2.45) is 0 Å². The van der Waals surface area contributed by atoms with Gasteiger partial charge in [-0.2, -0.15) is 0 Å². The molecule has 0 amide bonds. The fraction of sp³-hybridized carbons (Fsp3) is 0.750. The average Bonchev–Trinajstić information content (AvgIpc) is 1.94. The summed E-state index contributed by atoms with van der Waals surface area (Å²) in [6.07, 6.45) is 4.78. The van der Waals surface area contributed by atoms with Gasteiger partial charge in [0, 0.05) is 0 Å². The molecule has 1 heteroatoms. The molecule has 0 aliphatic heterocycles. The normalized spacial score (nSPS) is 8.44. The van der Waals surface area contributed by atoms with Crippen LogP contribution in [-0.2, 0) is 4.74 Å². The van der Waals surface area contributed by atoms with E-state index < -0.39 is 0 Å². The first-order valence-corrected chi connectivity index (χ1v) is 3.68. The van der Waals surface area contributed by atoms with Crippen LogP contribution in [0.1, 0.15) is 34.1 Å². The number of rotatable bonds is 3. The molecule has 0 bridgehead atoms. The van der Waals surface area contributed by atoms with Gasteiger partial charge in [0.2, 0.25) is 0 Å². The van der Waals surface area contributed by atoms with Crippen LogP contribution in [0.15, 0.2) is 12.3 Å². The highest BCUT2D eigenvalue weighted by Crippen LogP contribution is 1.79. The minimum absolute atomic E-state index is 0.774. The molecule has 0 aliphatic rings. The molecule has 0 atom stereocenters. The van der Waals surface area contributed by atoms with Gasteiger partial charge in [-0.15, -0.1) is 0 Å². The Labute approximate surface area is 58.7 Å². The Morgan fingerprint density at radius 1 is 1.22 bits per heavy atom. The fourth-order valence-corrected chi connectivity index (χ4v) is 0.260. The first-order valence-electron chi connectivity index (χ1n) is 3.68. The van der Waals surface area contributed by atoms with Crippen molar-refractivity contribution in [1.29, 1.82) is 0 Å². The van der Waals surface area contributed by atoms with Crippen molar-refractivity contribution in [3.8, 4) is 0 Å². The van der Waals surface area contributed by atoms with Crippen molar-refractivity contribution in [3.63, 3.8) is 0 Å². The van der Waals surface area contributed by atoms with Crippen LogP contribution < -0.4 is 0 Å². The maximum absolute atomic E-state index is 4.89. The molecular weight excluding hydrogens is 112 g/mol. The van der Waals surface area contributed by atoms with E-state index in [2.05, 4.69) is 6.92 Å². The predicted molar refractivity (Wildman–Crippen MR) is 42.4 cm³/mol. The Kier molecular flexibility index (Phi) is 19.7. The summed E-state index contributed by atoms with van der Waals surface area (Å²) in [6.45, 7) is 8.83. The first-order chi connectivity index (χ1) is 4.41. The largest absolute Gasteiger partial charge is 0.502 e. The Balaban J connectivity index is 0. The Morgan fingerprint density at radius 2 is 1.78 bits per heavy atom. The standard InChI is InChI=1S/C6H12O.C2H6/c1-3-5-6-7-4-2;1-2/h5-6H,3-4H2,1-2H3;1-2H3/b6-5-;. The van der Waals surface area contributed by atoms with Crippen LogP contribution in [-0.4, -0.2) is 6.61 Å². The highest BCUT2D eigenvalue weighted by atomic mass is 16.5. The van der Waals surface area contributed by atoms with E-state index in [9.17, 15) is 0 Å². The first kappa shape index (κ1) is 11.4. The molecule has 0 radical (unpaired) electrons. The minimum Gasteiger partial charge on any atom is -0.502 e. The van der Waals surface area contributed by atoms with E-state index in [-0.39, 0.29) is 0 Å². The van der Waals surface area contributed by atoms with Gasteiger partial charge in [0.1, 0.15) is 0 Å². The number of allylic oxidation sites excluding steroid dienone is 1. The molecule has 0 spiro atoms. The molecule has 0 rings (SSSR count). The second-order valence-corrected chi connectivity index (χ2v) is 1.24. The van der Waals surface area contributed by atoms with Gasteiger partial charge in [-0.1, -0.05) is 26.8 Å². The van der Waals surface area contributed by atoms with Crippen molar-refractivity contribution in [1.82, 2.24) is 0 Å². The third-order valence-corrected chi connectivity index (χ3v) is 0.595. The quantitative estimate of drug-likeness (QED) is 0.534. The summed E-state index contributed by atoms with van der Waals surface area (Å²) < 4.78 is 4.89. The lowest BCUT2D eigenvalue weighted by molar-refractivity contribution is 0.268. The van der Waals surface area contributed by atoms with Gasteiger partial charge in [-0.25, -0.2) is 0 Å². The summed E-state index contributed by atoms with van der Waals surface area (Å²) in [7, 11) is 0. The van der Waals surface area contributed by atoms with Crippen LogP contribution in [0.25, 0.3) is 0 Å². The molecule has 0 saturated carbocycles. The van der Waals surface area contributed by atoms with Crippen molar-refractivity contribution in [2.45, 2.75) is 34.1 Å². The summed E-state index contributed by atoms with van der Waals surface area (Å²) in [5, 5.41) is 0. The Morgan fingerprint density at radius 3 is 2.11 bits per heavy atom. The molecule has 0 aromatic heterocycles. The monoisotopic (exact) mass is 130 g/mol. The van der Waals surface area contributed by atoms with Gasteiger partial charge < -0.3 is 4.74 Å². The second kappa shape index (κ2) is 15.6. The predicted octanol–water partition coefficient (Wildman–Crippen LogP) is 2.97. The molecule has 0 saturated heterocycles. The molecule has 0 aromatic carbocycles. The topological polar surface area (TPSA) is 9.23 Å². The van der Waals surface area contributed by atoms with Crippen LogP contribution in [0, 0.1) is 0 Å². The zero-order valence-electron chi connectivity index (χ0n) is 6.98. The SMILES string of the molecule is CC.CC/C=C\OCC. The molecule has 0 fully saturated rings. The van der Waals surface area contributed by atoms with E-state index in [4.69, 9.17) is 4.74 Å². The van der Waals surface area contributed by atoms with Crippen molar-refractivity contribution >= 4 is 0 Å². The van der Waals surface area contributed by atoms with Crippen molar-refractivity contribution in [2.75, 3.05) is 6.61 Å². The number of hydrogen-bond donors (Lipinski definition) is 0. The second-order valence-electron chi connectivity index (χ2n) is 1.24. The van der Waals surface area contributed by atoms with Gasteiger partial charge in [0.25, 0.3) is 0 Å². The zero-order chi connectivity index (χ0) is 7.54. The molecule has 0 unspecified atom stereocenters. The Hall–Kier alpha value is -0.460. The lowest BCUT2D eigenvalue weighted by Crippen LogP contribution is -1.74. The lowest BCUT2D eigenvalue weighted by atomic mass is 10.5. The van der Waals surface area contributed by atoms with Gasteiger partial charge in [-0.3, -0.25) is 0 Å². The third kappa shape index (κ3) is 18.5. The molecule has 9 heavy (non-hydrogen) atoms. The maximum Gasteiger partial charge on any atom is 0.0845 e. The van der Waals surface area contributed by atoms with Gasteiger partial charge in [0.05, 0.1) is 12.9 Å². The van der Waals surface area contributed by atoms with Crippen LogP contribution >= 0.6 is 0 Å². The molecule has 0 heterocycles. The lowest BCUT2D eigenvalue weighted by Gasteiger charge is -1.88. The highest BCUT2D eigenvalue weighted by Gasteiger charge is 1.64. The summed E-state index contributed by atoms with van der Waals surface area (Å²) >= 11 is 0. The molecule has 0 aromatic rings. The van der Waals surface area contributed by atoms with Crippen LogP contribution in [0.4, 0.5) is 0 Å². The van der Waals surface area contributed by atoms with E-state index in [1.54, 1.807) is 6.26 Å². The van der Waals surface area contributed by atoms with E-state index in [1.807, 2.05) is 26.8 Å². The van der Waals surface area contributed by atoms with Crippen molar-refractivity contribution in [3.05, 3.63) is 12.3 Å².